The number of rotatable bonds is 6. The lowest BCUT2D eigenvalue weighted by molar-refractivity contribution is -0.115. The zero-order valence-corrected chi connectivity index (χ0v) is 13.9. The van der Waals surface area contributed by atoms with Gasteiger partial charge in [-0.2, -0.15) is 0 Å². The number of aryl methyl sites for hydroxylation is 1. The van der Waals surface area contributed by atoms with Crippen molar-refractivity contribution in [1.82, 2.24) is 9.88 Å². The van der Waals surface area contributed by atoms with Crippen molar-refractivity contribution in [3.8, 4) is 5.75 Å². The molecule has 1 aromatic carbocycles. The molecule has 0 aliphatic heterocycles. The maximum absolute atomic E-state index is 12.3. The second-order valence-electron chi connectivity index (χ2n) is 4.49. The highest BCUT2D eigenvalue weighted by Gasteiger charge is 2.21. The molecule has 0 saturated heterocycles. The molecule has 0 atom stereocenters. The van der Waals surface area contributed by atoms with Gasteiger partial charge in [0, 0.05) is 11.1 Å². The Morgan fingerprint density at radius 3 is 2.74 bits per heavy atom. The van der Waals surface area contributed by atoms with Crippen LogP contribution in [-0.2, 0) is 14.8 Å². The molecular weight excluding hydrogens is 346 g/mol. The number of carbonyl (C=O) groups is 1. The van der Waals surface area contributed by atoms with Gasteiger partial charge in [-0.25, -0.2) is 13.1 Å². The van der Waals surface area contributed by atoms with Crippen LogP contribution in [-0.4, -0.2) is 33.1 Å². The molecule has 10 heteroatoms. The van der Waals surface area contributed by atoms with Crippen LogP contribution in [0.5, 0.6) is 5.75 Å². The second-order valence-corrected chi connectivity index (χ2v) is 6.66. The third-order valence-corrected chi connectivity index (χ3v) is 4.39. The Bertz CT molecular complexity index is 819. The van der Waals surface area contributed by atoms with E-state index >= 15 is 0 Å². The molecule has 8 nitrogen and oxygen atoms in total. The van der Waals surface area contributed by atoms with Crippen molar-refractivity contribution >= 4 is 33.3 Å². The number of ether oxygens (including phenoxy) is 1. The number of anilines is 1. The van der Waals surface area contributed by atoms with Crippen molar-refractivity contribution in [3.05, 3.63) is 35.0 Å². The highest BCUT2D eigenvalue weighted by atomic mass is 35.5. The summed E-state index contributed by atoms with van der Waals surface area (Å²) in [5, 5.41) is 6.20. The number of hydrogen-bond acceptors (Lipinski definition) is 6. The first kappa shape index (κ1) is 17.3. The summed E-state index contributed by atoms with van der Waals surface area (Å²) in [7, 11) is -2.64. The van der Waals surface area contributed by atoms with Gasteiger partial charge in [0.25, 0.3) is 0 Å². The zero-order valence-electron chi connectivity index (χ0n) is 12.3. The van der Waals surface area contributed by atoms with Gasteiger partial charge in [0.15, 0.2) is 5.82 Å². The molecule has 0 aliphatic carbocycles. The molecule has 1 aromatic heterocycles. The lowest BCUT2D eigenvalue weighted by atomic mass is 10.3. The van der Waals surface area contributed by atoms with Gasteiger partial charge in [-0.15, -0.1) is 0 Å². The van der Waals surface area contributed by atoms with Gasteiger partial charge in [-0.1, -0.05) is 16.8 Å². The van der Waals surface area contributed by atoms with E-state index in [-0.39, 0.29) is 21.5 Å². The van der Waals surface area contributed by atoms with Crippen LogP contribution in [0, 0.1) is 6.92 Å². The minimum absolute atomic E-state index is 0.120. The Balaban J connectivity index is 2.07. The molecule has 1 heterocycles. The lowest BCUT2D eigenvalue weighted by Crippen LogP contribution is -2.33. The number of methoxy groups -OCH3 is 1. The fourth-order valence-electron chi connectivity index (χ4n) is 1.71. The molecule has 0 aliphatic rings. The third kappa shape index (κ3) is 4.44. The minimum atomic E-state index is -3.97. The summed E-state index contributed by atoms with van der Waals surface area (Å²) in [5.74, 6) is 0.244. The predicted octanol–water partition coefficient (Wildman–Crippen LogP) is 1.56. The largest absolute Gasteiger partial charge is 0.495 e. The van der Waals surface area contributed by atoms with Crippen molar-refractivity contribution < 1.29 is 22.5 Å². The Labute approximate surface area is 137 Å². The van der Waals surface area contributed by atoms with Crippen molar-refractivity contribution in [2.45, 2.75) is 11.8 Å². The SMILES string of the molecule is COc1ccc(Cl)cc1S(=O)(=O)NCC(=O)Nc1cc(C)on1. The molecule has 23 heavy (non-hydrogen) atoms. The number of aromatic nitrogens is 1. The molecule has 1 amide bonds. The van der Waals surface area contributed by atoms with Crippen LogP contribution in [0.2, 0.25) is 5.02 Å². The molecule has 0 bridgehead atoms. The Morgan fingerprint density at radius 1 is 1.39 bits per heavy atom. The molecular formula is C13H14ClN3O5S. The van der Waals surface area contributed by atoms with Crippen molar-refractivity contribution in [2.24, 2.45) is 0 Å². The lowest BCUT2D eigenvalue weighted by Gasteiger charge is -2.10. The maximum atomic E-state index is 12.3. The van der Waals surface area contributed by atoms with E-state index < -0.39 is 22.5 Å². The van der Waals surface area contributed by atoms with Crippen LogP contribution in [0.4, 0.5) is 5.82 Å². The van der Waals surface area contributed by atoms with E-state index in [1.165, 1.54) is 31.4 Å². The van der Waals surface area contributed by atoms with Gasteiger partial charge in [-0.3, -0.25) is 4.79 Å². The van der Waals surface area contributed by atoms with Gasteiger partial charge in [-0.05, 0) is 25.1 Å². The van der Waals surface area contributed by atoms with E-state index in [0.717, 1.165) is 0 Å². The minimum Gasteiger partial charge on any atom is -0.495 e. The standard InChI is InChI=1S/C13H14ClN3O5S/c1-8-5-12(17-22-8)16-13(18)7-15-23(19,20)11-6-9(14)3-4-10(11)21-2/h3-6,15H,7H2,1-2H3,(H,16,17,18). The fourth-order valence-corrected chi connectivity index (χ4v) is 3.12. The Hall–Kier alpha value is -2.10. The zero-order chi connectivity index (χ0) is 17.0. The van der Waals surface area contributed by atoms with E-state index in [1.807, 2.05) is 0 Å². The van der Waals surface area contributed by atoms with Crippen molar-refractivity contribution in [2.75, 3.05) is 19.0 Å². The van der Waals surface area contributed by atoms with Gasteiger partial charge in [0.2, 0.25) is 15.9 Å². The summed E-state index contributed by atoms with van der Waals surface area (Å²) in [6.07, 6.45) is 0. The second kappa shape index (κ2) is 6.99. The molecule has 0 fully saturated rings. The topological polar surface area (TPSA) is 111 Å². The molecule has 2 N–H and O–H groups in total. The first-order valence-electron chi connectivity index (χ1n) is 6.38. The summed E-state index contributed by atoms with van der Waals surface area (Å²) >= 11 is 5.81. The molecule has 0 saturated carbocycles. The number of hydrogen-bond donors (Lipinski definition) is 2. The average Bonchev–Trinajstić information content (AvgIpc) is 2.90. The van der Waals surface area contributed by atoms with Gasteiger partial charge < -0.3 is 14.6 Å². The molecule has 2 aromatic rings. The number of halogens is 1. The number of nitrogens with one attached hydrogen (secondary N) is 2. The molecule has 0 spiro atoms. The number of nitrogens with zero attached hydrogens (tertiary/aromatic N) is 1. The Morgan fingerprint density at radius 2 is 2.13 bits per heavy atom. The van der Waals surface area contributed by atoms with E-state index in [4.69, 9.17) is 20.9 Å². The summed E-state index contributed by atoms with van der Waals surface area (Å²) in [6.45, 7) is 1.18. The summed E-state index contributed by atoms with van der Waals surface area (Å²) in [4.78, 5) is 11.6. The predicted molar refractivity (Wildman–Crippen MR) is 83.1 cm³/mol. The fraction of sp³-hybridized carbons (Fsp3) is 0.231. The van der Waals surface area contributed by atoms with Gasteiger partial charge in [0.1, 0.15) is 16.4 Å². The molecule has 124 valence electrons. The van der Waals surface area contributed by atoms with Crippen LogP contribution in [0.25, 0.3) is 0 Å². The van der Waals surface area contributed by atoms with Crippen LogP contribution in [0.3, 0.4) is 0 Å². The number of amides is 1. The van der Waals surface area contributed by atoms with Crippen LogP contribution < -0.4 is 14.8 Å². The highest BCUT2D eigenvalue weighted by molar-refractivity contribution is 7.89. The maximum Gasteiger partial charge on any atom is 0.244 e. The first-order chi connectivity index (χ1) is 10.8. The number of benzene rings is 1. The van der Waals surface area contributed by atoms with E-state index in [9.17, 15) is 13.2 Å². The Kier molecular flexibility index (Phi) is 5.24. The van der Waals surface area contributed by atoms with Gasteiger partial charge in [0.05, 0.1) is 13.7 Å². The number of sulfonamides is 1. The van der Waals surface area contributed by atoms with Crippen LogP contribution >= 0.6 is 11.6 Å². The van der Waals surface area contributed by atoms with E-state index in [0.29, 0.717) is 5.76 Å². The van der Waals surface area contributed by atoms with Crippen LogP contribution in [0.15, 0.2) is 33.7 Å². The molecule has 0 radical (unpaired) electrons. The molecule has 0 unspecified atom stereocenters. The smallest absolute Gasteiger partial charge is 0.244 e. The first-order valence-corrected chi connectivity index (χ1v) is 8.24. The summed E-state index contributed by atoms with van der Waals surface area (Å²) < 4.78 is 36.5. The van der Waals surface area contributed by atoms with Crippen molar-refractivity contribution in [3.63, 3.8) is 0 Å². The normalized spacial score (nSPS) is 11.3. The van der Waals surface area contributed by atoms with E-state index in [1.54, 1.807) is 6.92 Å². The summed E-state index contributed by atoms with van der Waals surface area (Å²) in [5.41, 5.74) is 0. The molecule has 2 rings (SSSR count). The van der Waals surface area contributed by atoms with Gasteiger partial charge >= 0.3 is 0 Å². The summed E-state index contributed by atoms with van der Waals surface area (Å²) in [6, 6.07) is 5.67. The highest BCUT2D eigenvalue weighted by Crippen LogP contribution is 2.26. The number of carbonyl (C=O) groups excluding carboxylic acids is 1. The quantitative estimate of drug-likeness (QED) is 0.809. The van der Waals surface area contributed by atoms with Crippen LogP contribution in [0.1, 0.15) is 5.76 Å². The van der Waals surface area contributed by atoms with E-state index in [2.05, 4.69) is 15.2 Å². The third-order valence-electron chi connectivity index (χ3n) is 2.73. The average molecular weight is 360 g/mol. The monoisotopic (exact) mass is 359 g/mol. The van der Waals surface area contributed by atoms with Crippen molar-refractivity contribution in [1.29, 1.82) is 0 Å².